The third-order valence-corrected chi connectivity index (χ3v) is 12.2. The molecule has 0 aliphatic carbocycles. The summed E-state index contributed by atoms with van der Waals surface area (Å²) in [5.41, 5.74) is 4.95. The number of nitrogens with two attached hydrogens (primary N) is 1. The van der Waals surface area contributed by atoms with E-state index >= 15 is 0 Å². The molecule has 0 radical (unpaired) electrons. The standard InChI is InChI=1S/C24H27N7O.C17H13ClN6O.C7H15N.C2HF3O2.ClH/c1-17-26-21(23-28-27-22(32-23)19-7-5-4-6-8-19)29-31(17)16-18-9-12-25-20(15-18)30-13-10-24(2,3)11-14-30;1-11-20-15(23-24(11)10-12-7-8-19-14(18)9-12)17-22-21-16(25-17)13-5-3-2-4-6-13;1-7(2)3-5-8-6-4-7;3-2(4,5)1(6)7;/h4-9,12,15H,10-11,13-14,16H2,1-3H3;2-9H,10H2,1H3;8H,3-6H2,1-2H3;(H,6,7);1H. The van der Waals surface area contributed by atoms with E-state index in [1.54, 1.807) is 16.9 Å². The number of halogens is 5. The van der Waals surface area contributed by atoms with Crippen molar-refractivity contribution in [2.24, 2.45) is 10.8 Å². The molecule has 0 bridgehead atoms. The number of carboxylic acids is 1. The number of anilines is 1. The molecule has 2 fully saturated rings. The minimum absolute atomic E-state index is 0. The van der Waals surface area contributed by atoms with Crippen molar-refractivity contribution in [1.29, 1.82) is 0 Å². The maximum absolute atomic E-state index is 10.5. The molecule has 73 heavy (non-hydrogen) atoms. The fraction of sp³-hybridized carbons (Fsp3) is 0.380. The summed E-state index contributed by atoms with van der Waals surface area (Å²) in [4.78, 5) is 27.6. The lowest BCUT2D eigenvalue weighted by molar-refractivity contribution is -0.667. The predicted octanol–water partition coefficient (Wildman–Crippen LogP) is 3.86. The molecule has 0 amide bonds. The first-order valence-electron chi connectivity index (χ1n) is 23.4. The van der Waals surface area contributed by atoms with Gasteiger partial charge in [-0.15, -0.1) is 30.6 Å². The van der Waals surface area contributed by atoms with Gasteiger partial charge in [0.15, 0.2) is 0 Å². The van der Waals surface area contributed by atoms with E-state index in [-0.39, 0.29) is 18.3 Å². The number of carbonyl (C=O) groups excluding carboxylic acids is 1. The highest BCUT2D eigenvalue weighted by atomic mass is 35.5. The number of alkyl halides is 3. The Bertz CT molecular complexity index is 3000. The Morgan fingerprint density at radius 1 is 0.712 bits per heavy atom. The molecule has 8 heterocycles. The number of carbonyl (C=O) groups is 1. The molecule has 3 N–H and O–H groups in total. The lowest BCUT2D eigenvalue weighted by Gasteiger charge is -2.33. The van der Waals surface area contributed by atoms with Crippen LogP contribution in [0.2, 0.25) is 5.15 Å². The van der Waals surface area contributed by atoms with Gasteiger partial charge in [0.05, 0.1) is 45.5 Å². The molecule has 18 nitrogen and oxygen atoms in total. The van der Waals surface area contributed by atoms with Crippen LogP contribution < -0.4 is 32.7 Å². The van der Waals surface area contributed by atoms with Crippen molar-refractivity contribution in [3.63, 3.8) is 0 Å². The second-order valence-corrected chi connectivity index (χ2v) is 19.3. The quantitative estimate of drug-likeness (QED) is 0.203. The van der Waals surface area contributed by atoms with E-state index in [9.17, 15) is 13.2 Å². The number of nitrogens with one attached hydrogen (secondary N) is 1. The summed E-state index contributed by atoms with van der Waals surface area (Å²) >= 11 is 5.92. The van der Waals surface area contributed by atoms with Gasteiger partial charge in [-0.05, 0) is 91.1 Å². The van der Waals surface area contributed by atoms with Crippen LogP contribution in [0, 0.1) is 24.7 Å². The number of rotatable bonds is 9. The van der Waals surface area contributed by atoms with Gasteiger partial charge in [0.2, 0.25) is 23.4 Å². The van der Waals surface area contributed by atoms with Crippen LogP contribution in [0.15, 0.2) is 106 Å². The summed E-state index contributed by atoms with van der Waals surface area (Å²) in [7, 11) is 0. The van der Waals surface area contributed by atoms with Gasteiger partial charge >= 0.3 is 6.18 Å². The van der Waals surface area contributed by atoms with Crippen LogP contribution in [0.5, 0.6) is 0 Å². The number of hydrogen-bond donors (Lipinski definition) is 1. The highest BCUT2D eigenvalue weighted by Gasteiger charge is 2.31. The third-order valence-electron chi connectivity index (χ3n) is 12.0. The summed E-state index contributed by atoms with van der Waals surface area (Å²) in [5, 5.41) is 37.1. The predicted molar refractivity (Wildman–Crippen MR) is 258 cm³/mol. The second kappa shape index (κ2) is 24.5. The van der Waals surface area contributed by atoms with Gasteiger partial charge in [0.1, 0.15) is 22.8 Å². The first-order chi connectivity index (χ1) is 34.3. The Balaban J connectivity index is 0.000000187. The van der Waals surface area contributed by atoms with Crippen molar-refractivity contribution in [1.82, 2.24) is 54.9 Å². The first-order valence-corrected chi connectivity index (χ1v) is 23.8. The molecule has 10 rings (SSSR count). The largest absolute Gasteiger partial charge is 1.00 e. The van der Waals surface area contributed by atoms with Crippen molar-refractivity contribution in [3.8, 4) is 46.3 Å². The Hall–Kier alpha value is -7.10. The van der Waals surface area contributed by atoms with Crippen LogP contribution in [0.3, 0.4) is 0 Å². The molecule has 23 heteroatoms. The normalized spacial score (nSPS) is 14.8. The molecular formula is C50H57Cl2F3N14O4. The zero-order valence-electron chi connectivity index (χ0n) is 41.3. The highest BCUT2D eigenvalue weighted by Crippen LogP contribution is 2.31. The molecular weight excluding hydrogens is 989 g/mol. The lowest BCUT2D eigenvalue weighted by Crippen LogP contribution is -3.00. The second-order valence-electron chi connectivity index (χ2n) is 18.9. The van der Waals surface area contributed by atoms with E-state index in [1.807, 2.05) is 91.5 Å². The van der Waals surface area contributed by atoms with Crippen LogP contribution in [-0.4, -0.2) is 93.2 Å². The number of nitrogens with zero attached hydrogens (tertiary/aromatic N) is 12. The molecule has 8 aromatic rings. The molecule has 0 atom stereocenters. The highest BCUT2D eigenvalue weighted by molar-refractivity contribution is 6.29. The summed E-state index contributed by atoms with van der Waals surface area (Å²) in [6, 6.07) is 27.2. The summed E-state index contributed by atoms with van der Waals surface area (Å²) in [6.45, 7) is 19.2. The van der Waals surface area contributed by atoms with Crippen molar-refractivity contribution in [2.45, 2.75) is 86.5 Å². The number of aromatic amines is 1. The smallest absolute Gasteiger partial charge is 0.430 e. The SMILES string of the molecule is CC1(C)CC[NH2+]CC1.Cc1nc(-c2nnc(-c3ccccc3)o2)nn1Cc1cc[nH+]c(N2CCC(C)(C)CC2)c1.Cc1nc(-c2nnc(-c3ccccc3)o2)nn1Cc1ccnc(Cl)c1.O=C([O-])C(F)(F)F.[Cl-]. The van der Waals surface area contributed by atoms with Gasteiger partial charge in [0, 0.05) is 36.2 Å². The Morgan fingerprint density at radius 2 is 1.16 bits per heavy atom. The zero-order chi connectivity index (χ0) is 51.5. The van der Waals surface area contributed by atoms with Crippen molar-refractivity contribution in [3.05, 3.63) is 125 Å². The van der Waals surface area contributed by atoms with E-state index in [2.05, 4.69) is 101 Å². The number of hydrogen-bond acceptors (Lipinski definition) is 14. The molecule has 0 saturated carbocycles. The van der Waals surface area contributed by atoms with Crippen molar-refractivity contribution < 1.29 is 54.6 Å². The average molecular weight is 1050 g/mol. The topological polar surface area (TPSA) is 226 Å². The van der Waals surface area contributed by atoms with Crippen LogP contribution in [0.25, 0.3) is 46.3 Å². The minimum atomic E-state index is -5.19. The molecule has 0 unspecified atom stereocenters. The summed E-state index contributed by atoms with van der Waals surface area (Å²) < 4.78 is 46.7. The maximum Gasteiger partial charge on any atom is 0.430 e. The number of aliphatic carboxylic acids is 1. The summed E-state index contributed by atoms with van der Waals surface area (Å²) in [6.07, 6.45) is 3.66. The number of aromatic nitrogens is 12. The molecule has 2 saturated heterocycles. The number of carboxylic acid groups (broad SMARTS) is 1. The summed E-state index contributed by atoms with van der Waals surface area (Å²) in [5.74, 6) is 2.03. The number of benzene rings is 2. The van der Waals surface area contributed by atoms with E-state index < -0.39 is 12.1 Å². The van der Waals surface area contributed by atoms with Gasteiger partial charge in [-0.2, -0.15) is 13.2 Å². The monoisotopic (exact) mass is 1040 g/mol. The van der Waals surface area contributed by atoms with E-state index in [0.29, 0.717) is 58.4 Å². The maximum atomic E-state index is 10.5. The number of pyridine rings is 2. The molecule has 2 aliphatic rings. The minimum Gasteiger partial charge on any atom is -1.00 e. The first kappa shape index (κ1) is 55.2. The van der Waals surface area contributed by atoms with Gasteiger partial charge in [-0.25, -0.2) is 29.3 Å². The van der Waals surface area contributed by atoms with Gasteiger partial charge in [-0.1, -0.05) is 75.7 Å². The Morgan fingerprint density at radius 3 is 1.60 bits per heavy atom. The Labute approximate surface area is 431 Å². The fourth-order valence-corrected chi connectivity index (χ4v) is 7.81. The van der Waals surface area contributed by atoms with Crippen LogP contribution in [0.4, 0.5) is 19.0 Å². The van der Waals surface area contributed by atoms with Gasteiger partial charge in [-0.3, -0.25) is 4.90 Å². The zero-order valence-corrected chi connectivity index (χ0v) is 42.8. The molecule has 0 spiro atoms. The van der Waals surface area contributed by atoms with E-state index in [0.717, 1.165) is 47.2 Å². The molecule has 386 valence electrons. The fourth-order valence-electron chi connectivity index (χ4n) is 7.62. The molecule has 2 aliphatic heterocycles. The third kappa shape index (κ3) is 15.9. The van der Waals surface area contributed by atoms with Crippen LogP contribution in [0.1, 0.15) is 76.2 Å². The number of H-pyrrole nitrogens is 1. The Kier molecular flexibility index (Phi) is 18.6. The van der Waals surface area contributed by atoms with Gasteiger partial charge in [0.25, 0.3) is 17.6 Å². The van der Waals surface area contributed by atoms with Crippen molar-refractivity contribution in [2.75, 3.05) is 31.1 Å². The number of piperidine rings is 2. The molecule has 6 aromatic heterocycles. The van der Waals surface area contributed by atoms with Crippen LogP contribution >= 0.6 is 11.6 Å². The van der Waals surface area contributed by atoms with E-state index in [1.165, 1.54) is 44.3 Å². The van der Waals surface area contributed by atoms with Gasteiger partial charge < -0.3 is 36.5 Å². The average Bonchev–Trinajstić information content (AvgIpc) is 4.18. The van der Waals surface area contributed by atoms with Crippen molar-refractivity contribution >= 4 is 23.4 Å². The van der Waals surface area contributed by atoms with Crippen LogP contribution in [-0.2, 0) is 17.9 Å². The number of aryl methyl sites for hydroxylation is 2. The molecule has 2 aromatic carbocycles. The lowest BCUT2D eigenvalue weighted by atomic mass is 9.83. The number of quaternary nitrogens is 1. The van der Waals surface area contributed by atoms with E-state index in [4.69, 9.17) is 30.3 Å².